The first kappa shape index (κ1) is 15.0. The highest BCUT2D eigenvalue weighted by Gasteiger charge is 2.41. The van der Waals surface area contributed by atoms with E-state index in [1.165, 1.54) is 18.2 Å². The Labute approximate surface area is 122 Å². The van der Waals surface area contributed by atoms with Gasteiger partial charge in [0.2, 0.25) is 0 Å². The molecule has 3 unspecified atom stereocenters. The van der Waals surface area contributed by atoms with Gasteiger partial charge in [0.15, 0.2) is 0 Å². The summed E-state index contributed by atoms with van der Waals surface area (Å²) in [4.78, 5) is 10.2. The number of nitrogens with zero attached hydrogens (tertiary/aromatic N) is 1. The number of nitro benzene ring substituents is 1. The van der Waals surface area contributed by atoms with Gasteiger partial charge in [0.05, 0.1) is 4.92 Å². The molecular formula is C13H17ClN2O4. The SMILES string of the molecule is CCCOC1C(N)CC1Oc1ccc([N+](=O)[O-])c(Cl)c1. The molecule has 2 N–H and O–H groups in total. The van der Waals surface area contributed by atoms with Crippen molar-refractivity contribution < 1.29 is 14.4 Å². The highest BCUT2D eigenvalue weighted by atomic mass is 35.5. The van der Waals surface area contributed by atoms with Gasteiger partial charge in [-0.25, -0.2) is 0 Å². The Morgan fingerprint density at radius 1 is 1.55 bits per heavy atom. The lowest BCUT2D eigenvalue weighted by molar-refractivity contribution is -0.384. The van der Waals surface area contributed by atoms with E-state index in [0.29, 0.717) is 18.8 Å². The highest BCUT2D eigenvalue weighted by molar-refractivity contribution is 6.32. The maximum absolute atomic E-state index is 10.7. The Hall–Kier alpha value is -1.37. The average Bonchev–Trinajstić information content (AvgIpc) is 2.38. The quantitative estimate of drug-likeness (QED) is 0.644. The van der Waals surface area contributed by atoms with Gasteiger partial charge in [-0.3, -0.25) is 10.1 Å². The number of rotatable bonds is 6. The van der Waals surface area contributed by atoms with Gasteiger partial charge in [-0.2, -0.15) is 0 Å². The maximum atomic E-state index is 10.7. The molecule has 2 rings (SSSR count). The molecular weight excluding hydrogens is 284 g/mol. The van der Waals surface area contributed by atoms with Crippen molar-refractivity contribution in [2.45, 2.75) is 38.0 Å². The lowest BCUT2D eigenvalue weighted by Gasteiger charge is -2.41. The van der Waals surface area contributed by atoms with E-state index in [1.807, 2.05) is 6.92 Å². The van der Waals surface area contributed by atoms with Gasteiger partial charge in [0.25, 0.3) is 5.69 Å². The number of hydrogen-bond donors (Lipinski definition) is 1. The third-order valence-corrected chi connectivity index (χ3v) is 3.51. The summed E-state index contributed by atoms with van der Waals surface area (Å²) in [5.41, 5.74) is 5.74. The lowest BCUT2D eigenvalue weighted by Crippen LogP contribution is -2.59. The van der Waals surface area contributed by atoms with Crippen LogP contribution in [0.5, 0.6) is 5.75 Å². The summed E-state index contributed by atoms with van der Waals surface area (Å²) in [6.45, 7) is 2.66. The van der Waals surface area contributed by atoms with Gasteiger partial charge in [0.1, 0.15) is 23.0 Å². The van der Waals surface area contributed by atoms with Crippen LogP contribution < -0.4 is 10.5 Å². The van der Waals surface area contributed by atoms with Gasteiger partial charge in [-0.15, -0.1) is 0 Å². The molecule has 110 valence electrons. The molecule has 1 aliphatic rings. The van der Waals surface area contributed by atoms with Crippen molar-refractivity contribution in [3.05, 3.63) is 33.3 Å². The Morgan fingerprint density at radius 2 is 2.30 bits per heavy atom. The number of benzene rings is 1. The first-order valence-corrected chi connectivity index (χ1v) is 6.88. The zero-order chi connectivity index (χ0) is 14.7. The lowest BCUT2D eigenvalue weighted by atomic mass is 9.86. The van der Waals surface area contributed by atoms with E-state index in [2.05, 4.69) is 0 Å². The Balaban J connectivity index is 2.00. The van der Waals surface area contributed by atoms with Gasteiger partial charge in [0, 0.05) is 31.2 Å². The number of nitrogens with two attached hydrogens (primary N) is 1. The molecule has 20 heavy (non-hydrogen) atoms. The zero-order valence-corrected chi connectivity index (χ0v) is 11.9. The first-order chi connectivity index (χ1) is 9.52. The molecule has 1 aromatic rings. The van der Waals surface area contributed by atoms with Crippen molar-refractivity contribution in [1.82, 2.24) is 0 Å². The third kappa shape index (κ3) is 3.20. The van der Waals surface area contributed by atoms with Crippen LogP contribution in [-0.2, 0) is 4.74 Å². The van der Waals surface area contributed by atoms with Crippen molar-refractivity contribution in [3.63, 3.8) is 0 Å². The van der Waals surface area contributed by atoms with E-state index >= 15 is 0 Å². The van der Waals surface area contributed by atoms with Crippen LogP contribution in [0.2, 0.25) is 5.02 Å². The van der Waals surface area contributed by atoms with Crippen molar-refractivity contribution in [2.75, 3.05) is 6.61 Å². The molecule has 0 radical (unpaired) electrons. The third-order valence-electron chi connectivity index (χ3n) is 3.21. The highest BCUT2D eigenvalue weighted by Crippen LogP contribution is 2.32. The van der Waals surface area contributed by atoms with E-state index < -0.39 is 4.92 Å². The maximum Gasteiger partial charge on any atom is 0.288 e. The molecule has 1 fully saturated rings. The average molecular weight is 301 g/mol. The summed E-state index contributed by atoms with van der Waals surface area (Å²) >= 11 is 5.84. The number of hydrogen-bond acceptors (Lipinski definition) is 5. The van der Waals surface area contributed by atoms with E-state index in [4.69, 9.17) is 26.8 Å². The van der Waals surface area contributed by atoms with Crippen molar-refractivity contribution in [2.24, 2.45) is 5.73 Å². The van der Waals surface area contributed by atoms with Crippen molar-refractivity contribution in [3.8, 4) is 5.75 Å². The molecule has 0 aliphatic heterocycles. The summed E-state index contributed by atoms with van der Waals surface area (Å²) in [6, 6.07) is 4.28. The molecule has 1 aliphatic carbocycles. The predicted molar refractivity (Wildman–Crippen MR) is 75.1 cm³/mol. The number of nitro groups is 1. The van der Waals surface area contributed by atoms with Gasteiger partial charge >= 0.3 is 0 Å². The summed E-state index contributed by atoms with van der Waals surface area (Å²) in [7, 11) is 0. The van der Waals surface area contributed by atoms with E-state index in [-0.39, 0.29) is 29.0 Å². The smallest absolute Gasteiger partial charge is 0.288 e. The standard InChI is InChI=1S/C13H17ClN2O4/c1-2-5-19-13-10(15)7-12(13)20-8-3-4-11(16(17)18)9(14)6-8/h3-4,6,10,12-13H,2,5,7,15H2,1H3. The molecule has 0 saturated heterocycles. The fourth-order valence-corrected chi connectivity index (χ4v) is 2.34. The van der Waals surface area contributed by atoms with Gasteiger partial charge in [-0.1, -0.05) is 18.5 Å². The normalized spacial score (nSPS) is 25.1. The van der Waals surface area contributed by atoms with Crippen LogP contribution in [0.1, 0.15) is 19.8 Å². The molecule has 3 atom stereocenters. The topological polar surface area (TPSA) is 87.6 Å². The van der Waals surface area contributed by atoms with Crippen LogP contribution in [-0.4, -0.2) is 29.8 Å². The summed E-state index contributed by atoms with van der Waals surface area (Å²) < 4.78 is 11.4. The largest absolute Gasteiger partial charge is 0.488 e. The van der Waals surface area contributed by atoms with E-state index in [1.54, 1.807) is 0 Å². The molecule has 1 aromatic carbocycles. The van der Waals surface area contributed by atoms with E-state index in [9.17, 15) is 10.1 Å². The summed E-state index contributed by atoms with van der Waals surface area (Å²) in [6.07, 6.45) is 1.35. The fraction of sp³-hybridized carbons (Fsp3) is 0.538. The second-order valence-electron chi connectivity index (χ2n) is 4.76. The Bertz CT molecular complexity index is 497. The van der Waals surface area contributed by atoms with Crippen LogP contribution in [0.15, 0.2) is 18.2 Å². The Morgan fingerprint density at radius 3 is 2.85 bits per heavy atom. The predicted octanol–water partition coefficient (Wildman–Crippen LogP) is 2.52. The minimum absolute atomic E-state index is 0.0277. The van der Waals surface area contributed by atoms with E-state index in [0.717, 1.165) is 6.42 Å². The van der Waals surface area contributed by atoms with Gasteiger partial charge < -0.3 is 15.2 Å². The number of halogens is 1. The molecule has 1 saturated carbocycles. The molecule has 0 spiro atoms. The fourth-order valence-electron chi connectivity index (χ4n) is 2.10. The molecule has 0 heterocycles. The van der Waals surface area contributed by atoms with Crippen LogP contribution in [0.25, 0.3) is 0 Å². The Kier molecular flexibility index (Phi) is 4.80. The minimum Gasteiger partial charge on any atom is -0.488 e. The van der Waals surface area contributed by atoms with Crippen molar-refractivity contribution in [1.29, 1.82) is 0 Å². The first-order valence-electron chi connectivity index (χ1n) is 6.50. The van der Waals surface area contributed by atoms with Crippen LogP contribution in [0.3, 0.4) is 0 Å². The number of ether oxygens (including phenoxy) is 2. The second kappa shape index (κ2) is 6.39. The molecule has 6 nitrogen and oxygen atoms in total. The van der Waals surface area contributed by atoms with Crippen LogP contribution >= 0.6 is 11.6 Å². The van der Waals surface area contributed by atoms with Crippen LogP contribution in [0.4, 0.5) is 5.69 Å². The monoisotopic (exact) mass is 300 g/mol. The molecule has 7 heteroatoms. The minimum atomic E-state index is -0.529. The molecule has 0 bridgehead atoms. The van der Waals surface area contributed by atoms with Gasteiger partial charge in [-0.05, 0) is 12.5 Å². The van der Waals surface area contributed by atoms with Crippen LogP contribution in [0, 0.1) is 10.1 Å². The second-order valence-corrected chi connectivity index (χ2v) is 5.17. The van der Waals surface area contributed by atoms with Crippen molar-refractivity contribution >= 4 is 17.3 Å². The summed E-state index contributed by atoms with van der Waals surface area (Å²) in [5, 5.41) is 10.7. The summed E-state index contributed by atoms with van der Waals surface area (Å²) in [5.74, 6) is 0.489. The molecule has 0 amide bonds. The molecule has 0 aromatic heterocycles. The zero-order valence-electron chi connectivity index (χ0n) is 11.1.